The summed E-state index contributed by atoms with van der Waals surface area (Å²) in [5.74, 6) is -0.378. The number of H-pyrrole nitrogens is 1. The molecule has 2 aromatic heterocycles. The fourth-order valence-electron chi connectivity index (χ4n) is 1.31. The number of ketones is 1. The molecule has 0 aliphatic rings. The Bertz CT molecular complexity index is 571. The number of anilines is 1. The second kappa shape index (κ2) is 4.50. The number of carbonyl (C=O) groups excluding carboxylic acids is 2. The maximum absolute atomic E-state index is 11.8. The van der Waals surface area contributed by atoms with Gasteiger partial charge in [-0.2, -0.15) is 0 Å². The van der Waals surface area contributed by atoms with Crippen LogP contribution in [-0.4, -0.2) is 21.7 Å². The van der Waals surface area contributed by atoms with Crippen molar-refractivity contribution in [2.45, 2.75) is 13.8 Å². The lowest BCUT2D eigenvalue weighted by Gasteiger charge is -1.97. The van der Waals surface area contributed by atoms with Crippen molar-refractivity contribution in [1.82, 2.24) is 9.97 Å². The Balaban J connectivity index is 2.11. The summed E-state index contributed by atoms with van der Waals surface area (Å²) in [7, 11) is 0. The Morgan fingerprint density at radius 1 is 1.47 bits per heavy atom. The smallest absolute Gasteiger partial charge is 0.273 e. The average molecular weight is 249 g/mol. The Labute approximate surface area is 102 Å². The Kier molecular flexibility index (Phi) is 3.06. The minimum Gasteiger partial charge on any atom is -0.356 e. The molecule has 0 saturated carbocycles. The fourth-order valence-corrected chi connectivity index (χ4v) is 1.97. The average Bonchev–Trinajstić information content (AvgIpc) is 2.86. The molecular weight excluding hydrogens is 238 g/mol. The summed E-state index contributed by atoms with van der Waals surface area (Å²) in [5.41, 5.74) is 0.841. The number of aromatic amines is 1. The Hall–Kier alpha value is -1.95. The number of thiazole rings is 1. The van der Waals surface area contributed by atoms with Gasteiger partial charge in [0, 0.05) is 22.8 Å². The van der Waals surface area contributed by atoms with Crippen LogP contribution < -0.4 is 5.32 Å². The predicted octanol–water partition coefficient (Wildman–Crippen LogP) is 2.23. The van der Waals surface area contributed by atoms with E-state index >= 15 is 0 Å². The van der Waals surface area contributed by atoms with Crippen molar-refractivity contribution in [2.75, 3.05) is 5.32 Å². The number of aryl methyl sites for hydroxylation is 1. The number of nitrogens with one attached hydrogen (secondary N) is 2. The molecule has 0 bridgehead atoms. The van der Waals surface area contributed by atoms with E-state index in [4.69, 9.17) is 0 Å². The highest BCUT2D eigenvalue weighted by Crippen LogP contribution is 2.17. The molecule has 1 amide bonds. The molecule has 0 aliphatic heterocycles. The van der Waals surface area contributed by atoms with Crippen molar-refractivity contribution in [2.24, 2.45) is 0 Å². The van der Waals surface area contributed by atoms with Gasteiger partial charge in [-0.15, -0.1) is 11.3 Å². The monoisotopic (exact) mass is 249 g/mol. The summed E-state index contributed by atoms with van der Waals surface area (Å²) in [5, 5.41) is 3.20. The minimum absolute atomic E-state index is 0.0783. The van der Waals surface area contributed by atoms with E-state index < -0.39 is 0 Å². The molecule has 0 unspecified atom stereocenters. The molecule has 6 heteroatoms. The first kappa shape index (κ1) is 11.5. The number of hydrogen-bond acceptors (Lipinski definition) is 4. The van der Waals surface area contributed by atoms with Crippen molar-refractivity contribution in [3.05, 3.63) is 34.6 Å². The number of nitrogens with zero attached hydrogens (tertiary/aromatic N) is 1. The van der Waals surface area contributed by atoms with E-state index in [1.54, 1.807) is 6.20 Å². The molecule has 0 aromatic carbocycles. The highest BCUT2D eigenvalue weighted by atomic mass is 32.1. The molecule has 17 heavy (non-hydrogen) atoms. The van der Waals surface area contributed by atoms with E-state index in [2.05, 4.69) is 15.3 Å². The minimum atomic E-state index is -0.299. The summed E-state index contributed by atoms with van der Waals surface area (Å²) in [6, 6.07) is 1.53. The van der Waals surface area contributed by atoms with Crippen LogP contribution in [0.3, 0.4) is 0 Å². The number of Topliss-reactive ketones (excluding diaryl/α,β-unsaturated/α-hetero) is 1. The number of aromatic nitrogens is 2. The van der Waals surface area contributed by atoms with Gasteiger partial charge in [-0.05, 0) is 19.9 Å². The maximum atomic E-state index is 11.8. The van der Waals surface area contributed by atoms with Crippen LogP contribution in [0.5, 0.6) is 0 Å². The first-order valence-corrected chi connectivity index (χ1v) is 5.81. The van der Waals surface area contributed by atoms with Crippen molar-refractivity contribution < 1.29 is 9.59 Å². The van der Waals surface area contributed by atoms with Crippen LogP contribution in [-0.2, 0) is 0 Å². The van der Waals surface area contributed by atoms with Gasteiger partial charge in [0.2, 0.25) is 0 Å². The van der Waals surface area contributed by atoms with E-state index in [0.29, 0.717) is 16.4 Å². The molecule has 2 aromatic rings. The molecule has 0 saturated heterocycles. The topological polar surface area (TPSA) is 74.8 Å². The van der Waals surface area contributed by atoms with Crippen LogP contribution in [0.25, 0.3) is 0 Å². The number of carbonyl (C=O) groups is 2. The SMILES string of the molecule is CC(=O)c1c[nH]c(C(=O)Nc2ncc(C)s2)c1. The summed E-state index contributed by atoms with van der Waals surface area (Å²) in [6.45, 7) is 3.37. The third kappa shape index (κ3) is 2.59. The first-order valence-electron chi connectivity index (χ1n) is 4.99. The van der Waals surface area contributed by atoms with E-state index in [1.807, 2.05) is 6.92 Å². The molecule has 0 spiro atoms. The van der Waals surface area contributed by atoms with Gasteiger partial charge in [0.1, 0.15) is 5.69 Å². The summed E-state index contributed by atoms with van der Waals surface area (Å²) < 4.78 is 0. The van der Waals surface area contributed by atoms with E-state index in [-0.39, 0.29) is 11.7 Å². The third-order valence-corrected chi connectivity index (χ3v) is 3.00. The number of amides is 1. The zero-order valence-corrected chi connectivity index (χ0v) is 10.2. The standard InChI is InChI=1S/C11H11N3O2S/c1-6-4-13-11(17-6)14-10(16)9-3-8(5-12-9)7(2)15/h3-5,12H,1-2H3,(H,13,14,16). The molecular formula is C11H11N3O2S. The second-order valence-corrected chi connectivity index (χ2v) is 4.82. The van der Waals surface area contributed by atoms with Crippen LogP contribution in [0.15, 0.2) is 18.5 Å². The van der Waals surface area contributed by atoms with E-state index in [9.17, 15) is 9.59 Å². The number of rotatable bonds is 3. The van der Waals surface area contributed by atoms with Crippen LogP contribution in [0.2, 0.25) is 0 Å². The normalized spacial score (nSPS) is 10.2. The van der Waals surface area contributed by atoms with Crippen LogP contribution >= 0.6 is 11.3 Å². The van der Waals surface area contributed by atoms with Crippen LogP contribution in [0, 0.1) is 6.92 Å². The highest BCUT2D eigenvalue weighted by Gasteiger charge is 2.12. The quantitative estimate of drug-likeness (QED) is 0.819. The van der Waals surface area contributed by atoms with Crippen molar-refractivity contribution in [3.8, 4) is 0 Å². The number of hydrogen-bond donors (Lipinski definition) is 2. The second-order valence-electron chi connectivity index (χ2n) is 3.59. The zero-order chi connectivity index (χ0) is 12.4. The summed E-state index contributed by atoms with van der Waals surface area (Å²) >= 11 is 1.40. The van der Waals surface area contributed by atoms with Gasteiger partial charge in [-0.1, -0.05) is 0 Å². The summed E-state index contributed by atoms with van der Waals surface area (Å²) in [6.07, 6.45) is 3.21. The van der Waals surface area contributed by atoms with Gasteiger partial charge in [0.05, 0.1) is 0 Å². The third-order valence-electron chi connectivity index (χ3n) is 2.18. The fraction of sp³-hybridized carbons (Fsp3) is 0.182. The molecule has 0 atom stereocenters. The van der Waals surface area contributed by atoms with Gasteiger partial charge in [-0.3, -0.25) is 14.9 Å². The van der Waals surface area contributed by atoms with Crippen molar-refractivity contribution >= 4 is 28.2 Å². The lowest BCUT2D eigenvalue weighted by molar-refractivity contribution is 0.101. The lowest BCUT2D eigenvalue weighted by Crippen LogP contribution is -2.11. The molecule has 0 fully saturated rings. The van der Waals surface area contributed by atoms with Crippen molar-refractivity contribution in [1.29, 1.82) is 0 Å². The molecule has 2 rings (SSSR count). The molecule has 2 N–H and O–H groups in total. The maximum Gasteiger partial charge on any atom is 0.273 e. The first-order chi connectivity index (χ1) is 8.06. The van der Waals surface area contributed by atoms with Gasteiger partial charge >= 0.3 is 0 Å². The molecule has 0 aliphatic carbocycles. The lowest BCUT2D eigenvalue weighted by atomic mass is 10.2. The molecule has 5 nitrogen and oxygen atoms in total. The molecule has 0 radical (unpaired) electrons. The van der Waals surface area contributed by atoms with Gasteiger partial charge in [0.25, 0.3) is 5.91 Å². The largest absolute Gasteiger partial charge is 0.356 e. The summed E-state index contributed by atoms with van der Waals surface area (Å²) in [4.78, 5) is 30.7. The van der Waals surface area contributed by atoms with Gasteiger partial charge < -0.3 is 4.98 Å². The van der Waals surface area contributed by atoms with Crippen LogP contribution in [0.1, 0.15) is 32.6 Å². The van der Waals surface area contributed by atoms with E-state index in [1.165, 1.54) is 30.5 Å². The van der Waals surface area contributed by atoms with Crippen molar-refractivity contribution in [3.63, 3.8) is 0 Å². The van der Waals surface area contributed by atoms with Crippen LogP contribution in [0.4, 0.5) is 5.13 Å². The molecule has 2 heterocycles. The zero-order valence-electron chi connectivity index (χ0n) is 9.40. The molecule has 88 valence electrons. The Morgan fingerprint density at radius 3 is 2.76 bits per heavy atom. The van der Waals surface area contributed by atoms with E-state index in [0.717, 1.165) is 4.88 Å². The van der Waals surface area contributed by atoms with Gasteiger partial charge in [-0.25, -0.2) is 4.98 Å². The van der Waals surface area contributed by atoms with Gasteiger partial charge in [0.15, 0.2) is 10.9 Å². The highest BCUT2D eigenvalue weighted by molar-refractivity contribution is 7.15. The predicted molar refractivity (Wildman–Crippen MR) is 65.6 cm³/mol. The Morgan fingerprint density at radius 2 is 2.24 bits per heavy atom.